The summed E-state index contributed by atoms with van der Waals surface area (Å²) in [6.07, 6.45) is 0.935. The predicted molar refractivity (Wildman–Crippen MR) is 180 cm³/mol. The Labute approximate surface area is 276 Å². The summed E-state index contributed by atoms with van der Waals surface area (Å²) >= 11 is 0. The number of aryl methyl sites for hydroxylation is 3. The normalized spacial score (nSPS) is 14.9. The zero-order valence-corrected chi connectivity index (χ0v) is 27.8. The van der Waals surface area contributed by atoms with E-state index in [1.165, 1.54) is 0 Å². The standard InChI is InChI=1S/C39H42N2O6/c1-24-33(29-13-14-31-22-41(18-17-27(31)20-29)38(44)46-23-26-10-7-6-8-11-26)35(30-15-16-32-28(21-30)12-9-19-45-32)34(25(2)40-24)36(37(42)43)47-39(3,4)5/h6-8,10-11,13-16,20-21,36H,9,12,17-19,22-23H2,1-5H3,(H,42,43). The monoisotopic (exact) mass is 634 g/mol. The van der Waals surface area contributed by atoms with Gasteiger partial charge in [0.25, 0.3) is 0 Å². The van der Waals surface area contributed by atoms with Crippen LogP contribution in [-0.4, -0.2) is 45.8 Å². The summed E-state index contributed by atoms with van der Waals surface area (Å²) in [5, 5.41) is 10.5. The van der Waals surface area contributed by atoms with E-state index in [2.05, 4.69) is 18.2 Å². The van der Waals surface area contributed by atoms with Crippen molar-refractivity contribution in [2.45, 2.75) is 78.7 Å². The molecule has 8 nitrogen and oxygen atoms in total. The number of carboxylic acids is 1. The summed E-state index contributed by atoms with van der Waals surface area (Å²) in [7, 11) is 0. The fourth-order valence-corrected chi connectivity index (χ4v) is 6.62. The molecule has 3 aromatic carbocycles. The Morgan fingerprint density at radius 2 is 1.64 bits per heavy atom. The molecule has 1 atom stereocenters. The highest BCUT2D eigenvalue weighted by Gasteiger charge is 2.34. The molecule has 0 bridgehead atoms. The summed E-state index contributed by atoms with van der Waals surface area (Å²) in [5.74, 6) is -0.196. The van der Waals surface area contributed by atoms with E-state index in [9.17, 15) is 14.7 Å². The average Bonchev–Trinajstić information content (AvgIpc) is 3.05. The summed E-state index contributed by atoms with van der Waals surface area (Å²) in [6.45, 7) is 11.3. The van der Waals surface area contributed by atoms with Gasteiger partial charge in [0.2, 0.25) is 0 Å². The number of carbonyl (C=O) groups is 2. The number of amides is 1. The second kappa shape index (κ2) is 13.2. The topological polar surface area (TPSA) is 98.2 Å². The Balaban J connectivity index is 1.41. The lowest BCUT2D eigenvalue weighted by Crippen LogP contribution is -2.36. The fraction of sp³-hybridized carbons (Fsp3) is 0.359. The van der Waals surface area contributed by atoms with Crippen LogP contribution in [0.1, 0.15) is 72.5 Å². The third-order valence-electron chi connectivity index (χ3n) is 8.73. The van der Waals surface area contributed by atoms with E-state index in [1.54, 1.807) is 4.90 Å². The number of ether oxygens (including phenoxy) is 3. The predicted octanol–water partition coefficient (Wildman–Crippen LogP) is 7.99. The van der Waals surface area contributed by atoms with Gasteiger partial charge in [0, 0.05) is 35.6 Å². The van der Waals surface area contributed by atoms with Gasteiger partial charge >= 0.3 is 12.1 Å². The van der Waals surface area contributed by atoms with Crippen LogP contribution in [0, 0.1) is 13.8 Å². The van der Waals surface area contributed by atoms with Crippen molar-refractivity contribution in [1.82, 2.24) is 9.88 Å². The summed E-state index contributed by atoms with van der Waals surface area (Å²) in [5.41, 5.74) is 9.04. The van der Waals surface area contributed by atoms with Crippen molar-refractivity contribution in [1.29, 1.82) is 0 Å². The minimum Gasteiger partial charge on any atom is -0.493 e. The maximum Gasteiger partial charge on any atom is 0.410 e. The first-order chi connectivity index (χ1) is 22.5. The minimum atomic E-state index is -1.22. The van der Waals surface area contributed by atoms with Crippen molar-refractivity contribution < 1.29 is 28.9 Å². The molecule has 0 aliphatic carbocycles. The molecule has 2 aliphatic rings. The fourth-order valence-electron chi connectivity index (χ4n) is 6.62. The molecule has 0 fully saturated rings. The molecule has 1 N–H and O–H groups in total. The Morgan fingerprint density at radius 1 is 0.915 bits per heavy atom. The van der Waals surface area contributed by atoms with Crippen LogP contribution in [-0.2, 0) is 40.3 Å². The van der Waals surface area contributed by atoms with Gasteiger partial charge in [0.05, 0.1) is 12.2 Å². The van der Waals surface area contributed by atoms with E-state index in [-0.39, 0.29) is 12.7 Å². The molecule has 0 radical (unpaired) electrons. The van der Waals surface area contributed by atoms with E-state index in [4.69, 9.17) is 19.2 Å². The van der Waals surface area contributed by atoms with Crippen LogP contribution in [0.2, 0.25) is 0 Å². The first-order valence-corrected chi connectivity index (χ1v) is 16.2. The Morgan fingerprint density at radius 3 is 2.38 bits per heavy atom. The second-order valence-electron chi connectivity index (χ2n) is 13.4. The lowest BCUT2D eigenvalue weighted by Gasteiger charge is -2.30. The number of fused-ring (bicyclic) bond motifs is 2. The van der Waals surface area contributed by atoms with E-state index in [0.29, 0.717) is 37.4 Å². The highest BCUT2D eigenvalue weighted by Crippen LogP contribution is 2.44. The molecule has 2 aliphatic heterocycles. The minimum absolute atomic E-state index is 0.234. The number of hydrogen-bond acceptors (Lipinski definition) is 6. The molecular weight excluding hydrogens is 592 g/mol. The molecular formula is C39H42N2O6. The maximum absolute atomic E-state index is 12.9. The number of hydrogen-bond donors (Lipinski definition) is 1. The van der Waals surface area contributed by atoms with Crippen LogP contribution in [0.15, 0.2) is 66.7 Å². The van der Waals surface area contributed by atoms with Crippen molar-refractivity contribution in [3.63, 3.8) is 0 Å². The maximum atomic E-state index is 12.9. The molecule has 244 valence electrons. The van der Waals surface area contributed by atoms with Gasteiger partial charge in [-0.05, 0) is 105 Å². The van der Waals surface area contributed by atoms with Crippen LogP contribution < -0.4 is 4.74 Å². The van der Waals surface area contributed by atoms with Crippen molar-refractivity contribution >= 4 is 12.1 Å². The SMILES string of the molecule is Cc1nc(C)c(C(OC(C)(C)C)C(=O)O)c(-c2ccc3c(c2)CCCO3)c1-c1ccc2c(c1)CCN(C(=O)OCc1ccccc1)C2. The lowest BCUT2D eigenvalue weighted by atomic mass is 9.84. The first kappa shape index (κ1) is 32.3. The van der Waals surface area contributed by atoms with Crippen LogP contribution in [0.5, 0.6) is 5.75 Å². The van der Waals surface area contributed by atoms with Crippen molar-refractivity contribution in [3.05, 3.63) is 106 Å². The molecule has 6 rings (SSSR count). The average molecular weight is 635 g/mol. The van der Waals surface area contributed by atoms with Gasteiger partial charge < -0.3 is 24.2 Å². The number of benzene rings is 3. The number of nitrogens with zero attached hydrogens (tertiary/aromatic N) is 2. The third kappa shape index (κ3) is 7.03. The molecule has 1 amide bonds. The lowest BCUT2D eigenvalue weighted by molar-refractivity contribution is -0.160. The number of rotatable bonds is 7. The number of carboxylic acid groups (broad SMARTS) is 1. The zero-order chi connectivity index (χ0) is 33.3. The second-order valence-corrected chi connectivity index (χ2v) is 13.4. The molecule has 1 unspecified atom stereocenters. The largest absolute Gasteiger partial charge is 0.493 e. The number of aromatic nitrogens is 1. The Kier molecular flexibility index (Phi) is 9.06. The molecule has 47 heavy (non-hydrogen) atoms. The number of carbonyl (C=O) groups excluding carboxylic acids is 1. The highest BCUT2D eigenvalue weighted by molar-refractivity contribution is 5.91. The molecule has 0 saturated carbocycles. The van der Waals surface area contributed by atoms with Gasteiger partial charge in [0.1, 0.15) is 12.4 Å². The van der Waals surface area contributed by atoms with E-state index in [0.717, 1.165) is 68.8 Å². The van der Waals surface area contributed by atoms with Crippen LogP contribution in [0.25, 0.3) is 22.3 Å². The Hall–Kier alpha value is -4.69. The number of aliphatic carboxylic acids is 1. The Bertz CT molecular complexity index is 1810. The van der Waals surface area contributed by atoms with E-state index in [1.807, 2.05) is 83.1 Å². The van der Waals surface area contributed by atoms with Gasteiger partial charge in [-0.15, -0.1) is 0 Å². The molecule has 3 heterocycles. The third-order valence-corrected chi connectivity index (χ3v) is 8.73. The van der Waals surface area contributed by atoms with E-state index >= 15 is 0 Å². The van der Waals surface area contributed by atoms with Gasteiger partial charge in [-0.3, -0.25) is 4.98 Å². The highest BCUT2D eigenvalue weighted by atomic mass is 16.6. The summed E-state index contributed by atoms with van der Waals surface area (Å²) in [6, 6.07) is 22.1. The van der Waals surface area contributed by atoms with Crippen molar-refractivity contribution in [2.24, 2.45) is 0 Å². The van der Waals surface area contributed by atoms with Crippen LogP contribution in [0.4, 0.5) is 4.79 Å². The molecule has 1 aromatic heterocycles. The van der Waals surface area contributed by atoms with Gasteiger partial charge in [-0.2, -0.15) is 0 Å². The van der Waals surface area contributed by atoms with Crippen LogP contribution >= 0.6 is 0 Å². The van der Waals surface area contributed by atoms with E-state index < -0.39 is 17.7 Å². The smallest absolute Gasteiger partial charge is 0.410 e. The molecule has 8 heteroatoms. The summed E-state index contributed by atoms with van der Waals surface area (Å²) < 4.78 is 17.8. The number of pyridine rings is 1. The zero-order valence-electron chi connectivity index (χ0n) is 27.8. The van der Waals surface area contributed by atoms with Gasteiger partial charge in [0.15, 0.2) is 6.10 Å². The van der Waals surface area contributed by atoms with Gasteiger partial charge in [-0.25, -0.2) is 9.59 Å². The quantitative estimate of drug-likeness (QED) is 0.220. The van der Waals surface area contributed by atoms with Crippen LogP contribution in [0.3, 0.4) is 0 Å². The molecule has 0 spiro atoms. The summed E-state index contributed by atoms with van der Waals surface area (Å²) in [4.78, 5) is 32.5. The van der Waals surface area contributed by atoms with Crippen molar-refractivity contribution in [2.75, 3.05) is 13.2 Å². The first-order valence-electron chi connectivity index (χ1n) is 16.2. The molecule has 4 aromatic rings. The molecule has 0 saturated heterocycles. The van der Waals surface area contributed by atoms with Crippen molar-refractivity contribution in [3.8, 4) is 28.0 Å². The van der Waals surface area contributed by atoms with Gasteiger partial charge in [-0.1, -0.05) is 54.6 Å².